The monoisotopic (exact) mass is 355 g/mol. The summed E-state index contributed by atoms with van der Waals surface area (Å²) in [6.45, 7) is 1.76. The van der Waals surface area contributed by atoms with Crippen LogP contribution in [0.15, 0.2) is 41.0 Å². The second-order valence-electron chi connectivity index (χ2n) is 4.60. The highest BCUT2D eigenvalue weighted by Crippen LogP contribution is 2.34. The van der Waals surface area contributed by atoms with Crippen LogP contribution in [0, 0.1) is 6.92 Å². The van der Waals surface area contributed by atoms with E-state index < -0.39 is 62.0 Å². The lowest BCUT2D eigenvalue weighted by molar-refractivity contribution is -0.113. The molecule has 0 spiro atoms. The Morgan fingerprint density at radius 2 is 2.13 bits per heavy atom. The van der Waals surface area contributed by atoms with Gasteiger partial charge in [0, 0.05) is 23.7 Å². The number of anilines is 1. The van der Waals surface area contributed by atoms with Crippen LogP contribution in [0.1, 0.15) is 15.9 Å². The number of nitrogens with one attached hydrogen (secondary N) is 1. The average Bonchev–Trinajstić information content (AvgIpc) is 2.99. The summed E-state index contributed by atoms with van der Waals surface area (Å²) in [6, 6.07) is -3.05. The summed E-state index contributed by atoms with van der Waals surface area (Å²) in [6.07, 6.45) is 1.50. The van der Waals surface area contributed by atoms with Gasteiger partial charge in [0.05, 0.1) is 10.4 Å². The van der Waals surface area contributed by atoms with E-state index in [-0.39, 0.29) is 5.13 Å². The first-order valence-corrected chi connectivity index (χ1v) is 8.50. The van der Waals surface area contributed by atoms with E-state index in [1.807, 2.05) is 0 Å². The highest BCUT2D eigenvalue weighted by atomic mass is 32.2. The minimum absolute atomic E-state index is 0.185. The summed E-state index contributed by atoms with van der Waals surface area (Å²) in [5.41, 5.74) is -1.31. The quantitative estimate of drug-likeness (QED) is 0.858. The Hall–Kier alpha value is -2.39. The number of sulfonamides is 1. The highest BCUT2D eigenvalue weighted by molar-refractivity contribution is 7.89. The number of amides is 1. The largest absolute Gasteiger partial charge is 0.505 e. The molecule has 1 aromatic heterocycles. The zero-order valence-corrected chi connectivity index (χ0v) is 13.6. The minimum Gasteiger partial charge on any atom is -0.505 e. The van der Waals surface area contributed by atoms with Crippen LogP contribution >= 0.6 is 11.3 Å². The Labute approximate surface area is 142 Å². The minimum atomic E-state index is -4.50. The molecule has 3 rings (SSSR count). The lowest BCUT2D eigenvalue weighted by Crippen LogP contribution is -2.37. The van der Waals surface area contributed by atoms with Gasteiger partial charge in [0.1, 0.15) is 0 Å². The van der Waals surface area contributed by atoms with E-state index in [2.05, 4.69) is 10.3 Å². The van der Waals surface area contributed by atoms with E-state index in [9.17, 15) is 18.3 Å². The number of hydrogen-bond acceptors (Lipinski definition) is 6. The Kier molecular flexibility index (Phi) is 2.61. The van der Waals surface area contributed by atoms with Crippen molar-refractivity contribution < 1.29 is 23.8 Å². The number of likely N-dealkylation sites (N-methyl/N-ethyl adjacent to an activating group) is 1. The van der Waals surface area contributed by atoms with Crippen molar-refractivity contribution in [3.05, 3.63) is 46.5 Å². The van der Waals surface area contributed by atoms with Gasteiger partial charge in [0.15, 0.2) is 16.6 Å². The molecule has 9 heteroatoms. The number of benzene rings is 1. The fourth-order valence-electron chi connectivity index (χ4n) is 2.01. The maximum atomic E-state index is 12.8. The Morgan fingerprint density at radius 3 is 2.78 bits per heavy atom. The number of aryl methyl sites for hydroxylation is 1. The molecule has 2 heterocycles. The molecule has 2 aromatic rings. The molecule has 2 N–H and O–H groups in total. The van der Waals surface area contributed by atoms with E-state index in [1.165, 1.54) is 6.20 Å². The molecule has 0 radical (unpaired) electrons. The molecule has 1 aromatic carbocycles. The molecule has 0 aliphatic carbocycles. The number of nitrogens with zero attached hydrogens (tertiary/aromatic N) is 2. The molecule has 0 unspecified atom stereocenters. The van der Waals surface area contributed by atoms with E-state index >= 15 is 0 Å². The molecular weight excluding hydrogens is 338 g/mol. The number of aliphatic hydroxyl groups is 1. The van der Waals surface area contributed by atoms with Crippen molar-refractivity contribution in [2.24, 2.45) is 0 Å². The molecular formula is C14H13N3O4S2. The van der Waals surface area contributed by atoms with Crippen LogP contribution < -0.4 is 5.32 Å². The van der Waals surface area contributed by atoms with Crippen LogP contribution in [0.3, 0.4) is 0 Å². The van der Waals surface area contributed by atoms with E-state index in [4.69, 9.17) is 5.48 Å². The van der Waals surface area contributed by atoms with Gasteiger partial charge >= 0.3 is 0 Å². The summed E-state index contributed by atoms with van der Waals surface area (Å²) < 4.78 is 57.2. The van der Waals surface area contributed by atoms with E-state index in [0.29, 0.717) is 4.31 Å². The van der Waals surface area contributed by atoms with Gasteiger partial charge in [-0.2, -0.15) is 0 Å². The van der Waals surface area contributed by atoms with Crippen molar-refractivity contribution in [1.82, 2.24) is 9.29 Å². The van der Waals surface area contributed by atoms with Gasteiger partial charge < -0.3 is 5.11 Å². The molecule has 0 atom stereocenters. The van der Waals surface area contributed by atoms with Gasteiger partial charge in [0.25, 0.3) is 15.9 Å². The van der Waals surface area contributed by atoms with Gasteiger partial charge in [-0.15, -0.1) is 11.3 Å². The molecule has 0 fully saturated rings. The maximum absolute atomic E-state index is 12.8. The summed E-state index contributed by atoms with van der Waals surface area (Å²) in [4.78, 5) is 16.5. The van der Waals surface area contributed by atoms with Crippen molar-refractivity contribution >= 4 is 38.2 Å². The van der Waals surface area contributed by atoms with Crippen molar-refractivity contribution in [2.45, 2.75) is 11.8 Å². The van der Waals surface area contributed by atoms with Crippen LogP contribution in [-0.2, 0) is 14.8 Å². The number of carbonyl (C=O) groups excluding carboxylic acids is 1. The van der Waals surface area contributed by atoms with E-state index in [1.54, 1.807) is 6.92 Å². The van der Waals surface area contributed by atoms with Crippen LogP contribution in [0.2, 0.25) is 0 Å². The smallest absolute Gasteiger partial charge is 0.278 e. The lowest BCUT2D eigenvalue weighted by Gasteiger charge is -2.28. The van der Waals surface area contributed by atoms with Crippen molar-refractivity contribution in [1.29, 1.82) is 0 Å². The zero-order valence-electron chi connectivity index (χ0n) is 16.0. The number of hydrogen-bond donors (Lipinski definition) is 2. The fraction of sp³-hybridized carbons (Fsp3) is 0.143. The number of aromatic nitrogens is 1. The molecule has 1 aliphatic rings. The third-order valence-electron chi connectivity index (χ3n) is 3.10. The summed E-state index contributed by atoms with van der Waals surface area (Å²) in [5, 5.41) is 13.1. The Bertz CT molecular complexity index is 1130. The van der Waals surface area contributed by atoms with Gasteiger partial charge in [-0.05, 0) is 19.0 Å². The van der Waals surface area contributed by atoms with Crippen LogP contribution in [0.25, 0.3) is 5.76 Å². The number of rotatable bonds is 2. The number of fused-ring (bicyclic) bond motifs is 1. The average molecular weight is 355 g/mol. The highest BCUT2D eigenvalue weighted by Gasteiger charge is 2.37. The molecule has 7 nitrogen and oxygen atoms in total. The number of carbonyl (C=O) groups is 1. The van der Waals surface area contributed by atoms with Gasteiger partial charge in [-0.25, -0.2) is 13.4 Å². The molecule has 120 valence electrons. The maximum Gasteiger partial charge on any atom is 0.278 e. The SMILES string of the molecule is [2H]c1c([2H])c([2H])c2c(c1[2H])C(O)=C(C(=O)Nc1ncc(C)s1)N(C)S2(=O)=O. The first-order valence-electron chi connectivity index (χ1n) is 8.25. The molecule has 0 saturated carbocycles. The Balaban J connectivity index is 2.26. The standard InChI is InChI=1S/C14H13N3O4S2/c1-8-7-15-14(22-8)16-13(19)11-12(18)9-5-3-4-6-10(9)23(20,21)17(11)2/h3-7,18H,1-2H3,(H,15,16,19)/i3D,4D,5D,6D. The fourth-order valence-corrected chi connectivity index (χ4v) is 3.93. The second-order valence-corrected chi connectivity index (χ2v) is 7.74. The predicted molar refractivity (Wildman–Crippen MR) is 86.4 cm³/mol. The third kappa shape index (κ3) is 2.47. The lowest BCUT2D eigenvalue weighted by atomic mass is 10.1. The van der Waals surface area contributed by atoms with Crippen LogP contribution in [0.4, 0.5) is 5.13 Å². The van der Waals surface area contributed by atoms with Gasteiger partial charge in [-0.1, -0.05) is 12.1 Å². The molecule has 0 saturated heterocycles. The van der Waals surface area contributed by atoms with Crippen LogP contribution in [-0.4, -0.2) is 35.8 Å². The molecule has 23 heavy (non-hydrogen) atoms. The van der Waals surface area contributed by atoms with Gasteiger partial charge in [-0.3, -0.25) is 14.4 Å². The third-order valence-corrected chi connectivity index (χ3v) is 5.66. The summed E-state index contributed by atoms with van der Waals surface area (Å²) in [7, 11) is -3.49. The zero-order chi connectivity index (χ0) is 20.3. The number of aliphatic hydroxyl groups excluding tert-OH is 1. The summed E-state index contributed by atoms with van der Waals surface area (Å²) >= 11 is 1.14. The van der Waals surface area contributed by atoms with E-state index in [0.717, 1.165) is 23.3 Å². The van der Waals surface area contributed by atoms with Crippen molar-refractivity contribution in [2.75, 3.05) is 12.4 Å². The first-order chi connectivity index (χ1) is 12.5. The van der Waals surface area contributed by atoms with Crippen molar-refractivity contribution in [3.8, 4) is 0 Å². The topological polar surface area (TPSA) is 99.6 Å². The normalized spacial score (nSPS) is 18.6. The molecule has 1 aliphatic heterocycles. The molecule has 0 bridgehead atoms. The number of thiazole rings is 1. The predicted octanol–water partition coefficient (Wildman–Crippen LogP) is 1.95. The first kappa shape index (κ1) is 11.2. The van der Waals surface area contributed by atoms with Crippen molar-refractivity contribution in [3.63, 3.8) is 0 Å². The Morgan fingerprint density at radius 1 is 1.43 bits per heavy atom. The summed E-state index contributed by atoms with van der Waals surface area (Å²) in [5.74, 6) is -1.84. The van der Waals surface area contributed by atoms with Gasteiger partial charge in [0.2, 0.25) is 0 Å². The molecule has 1 amide bonds. The second kappa shape index (κ2) is 5.36. The van der Waals surface area contributed by atoms with Crippen LogP contribution in [0.5, 0.6) is 0 Å².